The van der Waals surface area contributed by atoms with Gasteiger partial charge in [0.1, 0.15) is 18.0 Å². The molecule has 0 unspecified atom stereocenters. The normalized spacial score (nSPS) is 12.1. The van der Waals surface area contributed by atoms with E-state index in [1.54, 1.807) is 40.0 Å². The van der Waals surface area contributed by atoms with Gasteiger partial charge >= 0.3 is 11.9 Å². The molecule has 0 aliphatic rings. The van der Waals surface area contributed by atoms with Crippen LogP contribution in [0.4, 0.5) is 0 Å². The molecule has 0 saturated heterocycles. The first-order chi connectivity index (χ1) is 16.0. The van der Waals surface area contributed by atoms with Gasteiger partial charge < -0.3 is 35.1 Å². The van der Waals surface area contributed by atoms with E-state index in [4.69, 9.17) is 24.7 Å². The zero-order chi connectivity index (χ0) is 25.7. The molecular formula is C24H36N2O8. The van der Waals surface area contributed by atoms with Gasteiger partial charge in [-0.25, -0.2) is 4.79 Å². The molecule has 10 nitrogen and oxygen atoms in total. The van der Waals surface area contributed by atoms with E-state index in [-0.39, 0.29) is 38.2 Å². The molecule has 1 aromatic rings. The van der Waals surface area contributed by atoms with Gasteiger partial charge in [-0.15, -0.1) is 0 Å². The molecule has 1 rings (SSSR count). The van der Waals surface area contributed by atoms with Crippen molar-refractivity contribution in [2.75, 3.05) is 33.5 Å². The number of nitrogens with two attached hydrogens (primary N) is 1. The Labute approximate surface area is 200 Å². The molecule has 4 N–H and O–H groups in total. The number of carbonyl (C=O) groups excluding carboxylic acids is 2. The first kappa shape index (κ1) is 29.1. The SMILES string of the molecule is C=Cc1ccc(C(=O)O)c(CN[C@@H](CCC(=O)OC(C)(C)C)C(N)=O)c1OCCOCCOC. The predicted octanol–water partition coefficient (Wildman–Crippen LogP) is 2.14. The maximum absolute atomic E-state index is 12.0. The van der Waals surface area contributed by atoms with Crippen LogP contribution in [0.15, 0.2) is 18.7 Å². The van der Waals surface area contributed by atoms with Crippen LogP contribution in [0.25, 0.3) is 6.08 Å². The second-order valence-electron chi connectivity index (χ2n) is 8.43. The molecule has 10 heteroatoms. The Kier molecular flexibility index (Phi) is 12.3. The van der Waals surface area contributed by atoms with Gasteiger partial charge in [-0.2, -0.15) is 0 Å². The second-order valence-corrected chi connectivity index (χ2v) is 8.43. The fourth-order valence-corrected chi connectivity index (χ4v) is 3.02. The van der Waals surface area contributed by atoms with Crippen LogP contribution in [0.2, 0.25) is 0 Å². The van der Waals surface area contributed by atoms with Crippen LogP contribution in [-0.2, 0) is 30.3 Å². The summed E-state index contributed by atoms with van der Waals surface area (Å²) in [5, 5.41) is 12.6. The average molecular weight is 481 g/mol. The van der Waals surface area contributed by atoms with E-state index in [2.05, 4.69) is 11.9 Å². The minimum absolute atomic E-state index is 0.00349. The summed E-state index contributed by atoms with van der Waals surface area (Å²) in [6.07, 6.45) is 1.61. The molecule has 0 aliphatic carbocycles. The maximum Gasteiger partial charge on any atom is 0.336 e. The van der Waals surface area contributed by atoms with Crippen LogP contribution in [0, 0.1) is 0 Å². The summed E-state index contributed by atoms with van der Waals surface area (Å²) in [6.45, 7) is 10.2. The van der Waals surface area contributed by atoms with Crippen molar-refractivity contribution in [1.82, 2.24) is 5.32 Å². The minimum Gasteiger partial charge on any atom is -0.490 e. The molecule has 0 aromatic heterocycles. The number of aromatic carboxylic acids is 1. The number of primary amides is 1. The van der Waals surface area contributed by atoms with Crippen LogP contribution in [-0.4, -0.2) is 68.1 Å². The fourth-order valence-electron chi connectivity index (χ4n) is 3.02. The van der Waals surface area contributed by atoms with E-state index in [9.17, 15) is 19.5 Å². The number of nitrogens with one attached hydrogen (secondary N) is 1. The van der Waals surface area contributed by atoms with Crippen molar-refractivity contribution in [3.8, 4) is 5.75 Å². The van der Waals surface area contributed by atoms with Crippen molar-refractivity contribution in [3.63, 3.8) is 0 Å². The van der Waals surface area contributed by atoms with Gasteiger partial charge in [0.25, 0.3) is 0 Å². The van der Waals surface area contributed by atoms with Crippen molar-refractivity contribution in [2.24, 2.45) is 5.73 Å². The van der Waals surface area contributed by atoms with E-state index >= 15 is 0 Å². The smallest absolute Gasteiger partial charge is 0.336 e. The van der Waals surface area contributed by atoms with Crippen LogP contribution >= 0.6 is 0 Å². The molecule has 0 spiro atoms. The van der Waals surface area contributed by atoms with Gasteiger partial charge in [0.05, 0.1) is 31.4 Å². The Morgan fingerprint density at radius 2 is 1.85 bits per heavy atom. The van der Waals surface area contributed by atoms with Gasteiger partial charge in [-0.1, -0.05) is 18.7 Å². The van der Waals surface area contributed by atoms with Crippen molar-refractivity contribution in [3.05, 3.63) is 35.4 Å². The number of amides is 1. The lowest BCUT2D eigenvalue weighted by atomic mass is 10.0. The molecule has 34 heavy (non-hydrogen) atoms. The van der Waals surface area contributed by atoms with Crippen LogP contribution < -0.4 is 15.8 Å². The Balaban J connectivity index is 2.99. The zero-order valence-electron chi connectivity index (χ0n) is 20.3. The Morgan fingerprint density at radius 1 is 1.18 bits per heavy atom. The lowest BCUT2D eigenvalue weighted by Gasteiger charge is -2.22. The minimum atomic E-state index is -1.15. The number of esters is 1. The molecule has 0 heterocycles. The van der Waals surface area contributed by atoms with Crippen molar-refractivity contribution >= 4 is 23.9 Å². The molecular weight excluding hydrogens is 444 g/mol. The summed E-state index contributed by atoms with van der Waals surface area (Å²) in [6, 6.07) is 2.15. The van der Waals surface area contributed by atoms with Gasteiger partial charge in [0.2, 0.25) is 5.91 Å². The van der Waals surface area contributed by atoms with E-state index in [1.807, 2.05) is 0 Å². The molecule has 1 amide bonds. The number of methoxy groups -OCH3 is 1. The molecule has 0 saturated carbocycles. The summed E-state index contributed by atoms with van der Waals surface area (Å²) < 4.78 is 21.4. The largest absolute Gasteiger partial charge is 0.490 e. The number of hydrogen-bond acceptors (Lipinski definition) is 8. The van der Waals surface area contributed by atoms with Gasteiger partial charge in [0.15, 0.2) is 0 Å². The molecule has 0 bridgehead atoms. The Bertz CT molecular complexity index is 848. The summed E-state index contributed by atoms with van der Waals surface area (Å²) >= 11 is 0. The number of benzene rings is 1. The summed E-state index contributed by atoms with van der Waals surface area (Å²) in [7, 11) is 1.57. The highest BCUT2D eigenvalue weighted by Gasteiger charge is 2.23. The van der Waals surface area contributed by atoms with Gasteiger partial charge in [-0.05, 0) is 33.3 Å². The van der Waals surface area contributed by atoms with Crippen LogP contribution in [0.3, 0.4) is 0 Å². The fraction of sp³-hybridized carbons (Fsp3) is 0.542. The third kappa shape index (κ3) is 10.3. The summed E-state index contributed by atoms with van der Waals surface area (Å²) in [4.78, 5) is 35.8. The third-order valence-corrected chi connectivity index (χ3v) is 4.57. The topological polar surface area (TPSA) is 146 Å². The van der Waals surface area contributed by atoms with Crippen LogP contribution in [0.5, 0.6) is 5.75 Å². The van der Waals surface area contributed by atoms with Crippen LogP contribution in [0.1, 0.15) is 55.1 Å². The number of rotatable bonds is 16. The van der Waals surface area contributed by atoms with Crippen molar-refractivity contribution in [2.45, 2.75) is 51.8 Å². The molecule has 1 atom stereocenters. The number of carbonyl (C=O) groups is 3. The first-order valence-electron chi connectivity index (χ1n) is 11.0. The number of carboxylic acids is 1. The highest BCUT2D eigenvalue weighted by molar-refractivity contribution is 5.91. The quantitative estimate of drug-likeness (QED) is 0.239. The third-order valence-electron chi connectivity index (χ3n) is 4.57. The summed E-state index contributed by atoms with van der Waals surface area (Å²) in [5.41, 5.74) is 5.77. The molecule has 1 aromatic carbocycles. The number of ether oxygens (including phenoxy) is 4. The lowest BCUT2D eigenvalue weighted by Crippen LogP contribution is -2.41. The molecule has 0 aliphatic heterocycles. The van der Waals surface area contributed by atoms with E-state index in [0.29, 0.717) is 30.1 Å². The second kappa shape index (κ2) is 14.3. The maximum atomic E-state index is 12.0. The van der Waals surface area contributed by atoms with Crippen molar-refractivity contribution in [1.29, 1.82) is 0 Å². The molecule has 0 fully saturated rings. The van der Waals surface area contributed by atoms with E-state index in [0.717, 1.165) is 0 Å². The standard InChI is InChI=1S/C24H36N2O8/c1-6-16-7-8-17(23(29)30)18(21(16)33-14-13-32-12-11-31-5)15-26-19(22(25)28)9-10-20(27)34-24(2,3)4/h6-8,19,26H,1,9-15H2,2-5H3,(H2,25,28)(H,29,30)/t19-/m0/s1. The Hall–Kier alpha value is -2.95. The van der Waals surface area contributed by atoms with E-state index in [1.165, 1.54) is 6.07 Å². The van der Waals surface area contributed by atoms with Gasteiger partial charge in [-0.3, -0.25) is 9.59 Å². The number of hydrogen-bond donors (Lipinski definition) is 3. The average Bonchev–Trinajstić information content (AvgIpc) is 2.74. The molecule has 0 radical (unpaired) electrons. The summed E-state index contributed by atoms with van der Waals surface area (Å²) in [5.74, 6) is -1.97. The van der Waals surface area contributed by atoms with Gasteiger partial charge in [0, 0.05) is 31.2 Å². The monoisotopic (exact) mass is 480 g/mol. The van der Waals surface area contributed by atoms with Crippen molar-refractivity contribution < 1.29 is 38.4 Å². The number of carboxylic acid groups (broad SMARTS) is 1. The Morgan fingerprint density at radius 3 is 2.41 bits per heavy atom. The lowest BCUT2D eigenvalue weighted by molar-refractivity contribution is -0.155. The zero-order valence-corrected chi connectivity index (χ0v) is 20.3. The first-order valence-corrected chi connectivity index (χ1v) is 11.0. The van der Waals surface area contributed by atoms with E-state index < -0.39 is 29.5 Å². The highest BCUT2D eigenvalue weighted by atomic mass is 16.6. The highest BCUT2D eigenvalue weighted by Crippen LogP contribution is 2.29. The molecule has 190 valence electrons. The predicted molar refractivity (Wildman–Crippen MR) is 127 cm³/mol.